The van der Waals surface area contributed by atoms with Crippen molar-refractivity contribution in [3.05, 3.63) is 29.8 Å². The quantitative estimate of drug-likeness (QED) is 0.0933. The zero-order valence-electron chi connectivity index (χ0n) is 37.5. The number of amides is 6. The normalized spacial score (nSPS) is 25.7. The number of benzene rings is 1. The summed E-state index contributed by atoms with van der Waals surface area (Å²) in [6.07, 6.45) is 5.68. The molecule has 0 aliphatic carbocycles. The van der Waals surface area contributed by atoms with Gasteiger partial charge in [0.1, 0.15) is 48.1 Å². The first-order chi connectivity index (χ1) is 29.9. The summed E-state index contributed by atoms with van der Waals surface area (Å²) in [4.78, 5) is 109. The number of fused-ring (bicyclic) bond motifs is 1. The highest BCUT2D eigenvalue weighted by Gasteiger charge is 2.40. The van der Waals surface area contributed by atoms with Gasteiger partial charge >= 0.3 is 11.9 Å². The first-order valence-electron chi connectivity index (χ1n) is 22.6. The molecule has 2 saturated heterocycles. The molecule has 1 aromatic rings. The van der Waals surface area contributed by atoms with Crippen LogP contribution in [0, 0.1) is 5.92 Å². The number of aromatic hydroxyl groups is 1. The number of hydrogen-bond donors (Lipinski definition) is 8. The first kappa shape index (κ1) is 52.1. The average Bonchev–Trinajstić information content (AvgIpc) is 3.72. The number of carbonyl (C=O) groups is 8. The monoisotopic (exact) mass is 887 g/mol. The molecule has 0 saturated carbocycles. The molecule has 3 rings (SSSR count). The molecule has 6 amide bonds. The van der Waals surface area contributed by atoms with Crippen LogP contribution in [0.4, 0.5) is 0 Å². The van der Waals surface area contributed by atoms with Crippen molar-refractivity contribution in [2.75, 3.05) is 6.54 Å². The Bertz CT molecular complexity index is 1710. The second-order valence-electron chi connectivity index (χ2n) is 17.2. The Balaban J connectivity index is 2.01. The predicted molar refractivity (Wildman–Crippen MR) is 232 cm³/mol. The topological polar surface area (TPSA) is 270 Å². The van der Waals surface area contributed by atoms with Gasteiger partial charge in [-0.3, -0.25) is 33.6 Å². The summed E-state index contributed by atoms with van der Waals surface area (Å²) >= 11 is 0. The van der Waals surface area contributed by atoms with E-state index in [0.717, 1.165) is 44.9 Å². The average molecular weight is 887 g/mol. The van der Waals surface area contributed by atoms with Crippen molar-refractivity contribution in [1.29, 1.82) is 0 Å². The summed E-state index contributed by atoms with van der Waals surface area (Å²) in [6.45, 7) is 8.43. The van der Waals surface area contributed by atoms with Gasteiger partial charge in [-0.15, -0.1) is 0 Å². The van der Waals surface area contributed by atoms with Gasteiger partial charge in [-0.05, 0) is 82.4 Å². The molecule has 2 heterocycles. The molecule has 352 valence electrons. The van der Waals surface area contributed by atoms with Crippen LogP contribution in [0.25, 0.3) is 0 Å². The number of nitrogens with zero attached hydrogens (tertiary/aromatic N) is 1. The number of hydrogen-bond acceptors (Lipinski definition) is 11. The Hall–Kier alpha value is -5.26. The lowest BCUT2D eigenvalue weighted by atomic mass is 10.00. The molecule has 0 unspecified atom stereocenters. The molecule has 18 nitrogen and oxygen atoms in total. The van der Waals surface area contributed by atoms with Crippen LogP contribution in [0.5, 0.6) is 5.75 Å². The second kappa shape index (κ2) is 26.4. The summed E-state index contributed by atoms with van der Waals surface area (Å²) < 4.78 is 6.05. The van der Waals surface area contributed by atoms with Gasteiger partial charge in [-0.2, -0.15) is 0 Å². The summed E-state index contributed by atoms with van der Waals surface area (Å²) in [7, 11) is 0. The Morgan fingerprint density at radius 2 is 1.40 bits per heavy atom. The molecule has 2 aliphatic heterocycles. The van der Waals surface area contributed by atoms with E-state index in [9.17, 15) is 53.7 Å². The first-order valence-corrected chi connectivity index (χ1v) is 22.6. The van der Waals surface area contributed by atoms with Crippen LogP contribution < -0.4 is 26.6 Å². The summed E-state index contributed by atoms with van der Waals surface area (Å²) in [5, 5.41) is 43.0. The number of phenols is 1. The van der Waals surface area contributed by atoms with E-state index in [-0.39, 0.29) is 50.8 Å². The van der Waals surface area contributed by atoms with Gasteiger partial charge in [0, 0.05) is 25.8 Å². The molecule has 8 atom stereocenters. The third-order valence-electron chi connectivity index (χ3n) is 11.5. The van der Waals surface area contributed by atoms with Gasteiger partial charge < -0.3 is 51.5 Å². The molecule has 0 radical (unpaired) electrons. The number of aliphatic hydroxyl groups excluding tert-OH is 1. The van der Waals surface area contributed by atoms with Crippen LogP contribution in [0.3, 0.4) is 0 Å². The van der Waals surface area contributed by atoms with E-state index < -0.39 is 108 Å². The molecule has 1 aromatic carbocycles. The van der Waals surface area contributed by atoms with Gasteiger partial charge in [0.2, 0.25) is 35.4 Å². The zero-order valence-corrected chi connectivity index (χ0v) is 37.5. The van der Waals surface area contributed by atoms with Gasteiger partial charge in [0.15, 0.2) is 0 Å². The number of unbranched alkanes of at least 4 members (excludes halogenated alkanes) is 6. The van der Waals surface area contributed by atoms with Crippen molar-refractivity contribution in [3.8, 4) is 5.75 Å². The fourth-order valence-electron chi connectivity index (χ4n) is 7.79. The number of carbonyl (C=O) groups excluding carboxylic acids is 7. The zero-order chi connectivity index (χ0) is 46.6. The van der Waals surface area contributed by atoms with E-state index in [4.69, 9.17) is 4.74 Å². The van der Waals surface area contributed by atoms with Crippen molar-refractivity contribution in [3.63, 3.8) is 0 Å². The summed E-state index contributed by atoms with van der Waals surface area (Å²) in [5.41, 5.74) is 0.524. The minimum Gasteiger partial charge on any atom is -0.508 e. The number of aliphatic hydroxyl groups is 1. The number of carboxylic acid groups (broad SMARTS) is 1. The van der Waals surface area contributed by atoms with E-state index in [1.165, 1.54) is 30.9 Å². The van der Waals surface area contributed by atoms with Crippen LogP contribution >= 0.6 is 0 Å². The third kappa shape index (κ3) is 17.4. The molecule has 8 N–H and O–H groups in total. The number of ether oxygens (including phenoxy) is 1. The molecular weight excluding hydrogens is 817 g/mol. The van der Waals surface area contributed by atoms with Crippen molar-refractivity contribution in [2.45, 2.75) is 186 Å². The highest BCUT2D eigenvalue weighted by molar-refractivity contribution is 5.97. The maximum atomic E-state index is 14.2. The fourth-order valence-corrected chi connectivity index (χ4v) is 7.79. The van der Waals surface area contributed by atoms with Gasteiger partial charge in [0.25, 0.3) is 0 Å². The Kier molecular flexibility index (Phi) is 21.8. The minimum atomic E-state index is -1.47. The molecule has 18 heteroatoms. The SMILES string of the molecule is CCCCCCCCC[C@H]1CCCC(=O)N[C@H]([C@@H](C)O)C(=O)N[C@H](C)C(=O)N2CCC[C@H]2C(=O)N[C@@H](CCC(=O)O)C(=O)N[C@H](Cc2ccc(O)cc2)C(=O)N[C@@H](C(C)C)C(=O)O1. The van der Waals surface area contributed by atoms with Crippen molar-refractivity contribution in [2.24, 2.45) is 5.92 Å². The van der Waals surface area contributed by atoms with E-state index >= 15 is 0 Å². The summed E-state index contributed by atoms with van der Waals surface area (Å²) in [5.74, 6) is -6.92. The number of cyclic esters (lactones) is 1. The molecule has 0 spiro atoms. The van der Waals surface area contributed by atoms with Gasteiger partial charge in [-0.25, -0.2) is 4.79 Å². The minimum absolute atomic E-state index is 0.0353. The highest BCUT2D eigenvalue weighted by Crippen LogP contribution is 2.21. The van der Waals surface area contributed by atoms with Crippen LogP contribution in [0.15, 0.2) is 24.3 Å². The van der Waals surface area contributed by atoms with E-state index in [1.54, 1.807) is 26.0 Å². The lowest BCUT2D eigenvalue weighted by molar-refractivity contribution is -0.155. The molecular formula is C45H70N6O12. The summed E-state index contributed by atoms with van der Waals surface area (Å²) in [6, 6.07) is -1.82. The van der Waals surface area contributed by atoms with Gasteiger partial charge in [-0.1, -0.05) is 71.4 Å². The van der Waals surface area contributed by atoms with E-state index in [2.05, 4.69) is 33.5 Å². The van der Waals surface area contributed by atoms with Crippen molar-refractivity contribution in [1.82, 2.24) is 31.5 Å². The molecule has 0 aromatic heterocycles. The largest absolute Gasteiger partial charge is 0.508 e. The molecule has 0 bridgehead atoms. The Morgan fingerprint density at radius 3 is 2.03 bits per heavy atom. The maximum absolute atomic E-state index is 14.2. The number of carboxylic acids is 1. The standard InChI is InChI=1S/C45H70N6O12/c1-6-7-8-9-10-11-12-15-32-16-13-18-36(54)49-39(29(5)52)43(60)46-28(4)44(61)51-25-14-17-35(51)42(59)47-33(23-24-37(55)56)40(57)48-34(26-30-19-21-31(53)22-20-30)41(58)50-38(27(2)3)45(62)63-32/h19-22,27-29,32-35,38-39,52-53H,6-18,23-26H2,1-5H3,(H,46,60)(H,47,59)(H,48,57)(H,49,54)(H,50,58)(H,55,56)/t28-,29-,32+,33+,34-,35+,38+,39-/m1/s1. The van der Waals surface area contributed by atoms with Crippen molar-refractivity contribution >= 4 is 47.4 Å². The lowest BCUT2D eigenvalue weighted by Crippen LogP contribution is -2.60. The van der Waals surface area contributed by atoms with Crippen LogP contribution in [0.2, 0.25) is 0 Å². The van der Waals surface area contributed by atoms with Crippen LogP contribution in [-0.4, -0.2) is 123 Å². The maximum Gasteiger partial charge on any atom is 0.329 e. The van der Waals surface area contributed by atoms with E-state index in [1.807, 2.05) is 0 Å². The van der Waals surface area contributed by atoms with Crippen molar-refractivity contribution < 1.29 is 58.4 Å². The van der Waals surface area contributed by atoms with Gasteiger partial charge in [0.05, 0.1) is 6.10 Å². The molecule has 2 aliphatic rings. The molecule has 63 heavy (non-hydrogen) atoms. The third-order valence-corrected chi connectivity index (χ3v) is 11.5. The Morgan fingerprint density at radius 1 is 0.762 bits per heavy atom. The smallest absolute Gasteiger partial charge is 0.329 e. The molecule has 2 fully saturated rings. The fraction of sp³-hybridized carbons (Fsp3) is 0.689. The number of rotatable bonds is 15. The lowest BCUT2D eigenvalue weighted by Gasteiger charge is -2.30. The van der Waals surface area contributed by atoms with Crippen LogP contribution in [-0.2, 0) is 49.5 Å². The highest BCUT2D eigenvalue weighted by atomic mass is 16.5. The Labute approximate surface area is 370 Å². The van der Waals surface area contributed by atoms with Crippen LogP contribution in [0.1, 0.15) is 136 Å². The number of nitrogens with one attached hydrogen (secondary N) is 5. The predicted octanol–water partition coefficient (Wildman–Crippen LogP) is 2.51. The number of aliphatic carboxylic acids is 1. The second-order valence-corrected chi connectivity index (χ2v) is 17.2. The number of esters is 1. The van der Waals surface area contributed by atoms with E-state index in [0.29, 0.717) is 18.4 Å². The number of phenolic OH excluding ortho intramolecular Hbond substituents is 1.